The van der Waals surface area contributed by atoms with Crippen LogP contribution < -0.4 is 10.0 Å². The van der Waals surface area contributed by atoms with E-state index in [1.165, 1.54) is 5.56 Å². The van der Waals surface area contributed by atoms with Crippen molar-refractivity contribution >= 4 is 39.9 Å². The summed E-state index contributed by atoms with van der Waals surface area (Å²) < 4.78 is 3.32. The lowest BCUT2D eigenvalue weighted by atomic mass is 10.2. The average Bonchev–Trinajstić information content (AvgIpc) is 3.10. The van der Waals surface area contributed by atoms with E-state index in [9.17, 15) is 5.11 Å². The Balaban J connectivity index is 1.52. The maximum atomic E-state index is 10.3. The van der Waals surface area contributed by atoms with E-state index in [1.807, 2.05) is 60.7 Å². The maximum Gasteiger partial charge on any atom is 0.218 e. The van der Waals surface area contributed by atoms with Crippen LogP contribution in [0.2, 0.25) is 0 Å². The number of rotatable bonds is 8. The number of H-pyrrole nitrogens is 1. The molecule has 6 nitrogen and oxygen atoms in total. The topological polar surface area (TPSA) is 84.8 Å². The van der Waals surface area contributed by atoms with E-state index in [0.29, 0.717) is 17.4 Å². The molecule has 0 aliphatic rings. The molecular weight excluding hydrogens is 406 g/mol. The summed E-state index contributed by atoms with van der Waals surface area (Å²) in [6.45, 7) is 4.92. The van der Waals surface area contributed by atoms with Crippen molar-refractivity contribution in [2.45, 2.75) is 31.3 Å². The third kappa shape index (κ3) is 5.45. The van der Waals surface area contributed by atoms with Gasteiger partial charge in [-0.25, -0.2) is 0 Å². The highest BCUT2D eigenvalue weighted by Crippen LogP contribution is 2.38. The van der Waals surface area contributed by atoms with E-state index in [1.54, 1.807) is 11.9 Å². The number of fused-ring (bicyclic) bond motifs is 1. The molecule has 0 saturated heterocycles. The minimum atomic E-state index is 0.0103. The van der Waals surface area contributed by atoms with Crippen LogP contribution in [0.25, 0.3) is 10.9 Å². The normalized spacial score (nSPS) is 11.6. The summed E-state index contributed by atoms with van der Waals surface area (Å²) >= 11 is 1.56. The quantitative estimate of drug-likeness (QED) is 0.180. The Bertz CT molecular complexity index is 1190. The van der Waals surface area contributed by atoms with E-state index >= 15 is 0 Å². The zero-order valence-electron chi connectivity index (χ0n) is 17.5. The van der Waals surface area contributed by atoms with Crippen LogP contribution in [-0.4, -0.2) is 16.1 Å². The van der Waals surface area contributed by atoms with Crippen molar-refractivity contribution in [1.82, 2.24) is 9.71 Å². The lowest BCUT2D eigenvalue weighted by Crippen LogP contribution is -2.13. The molecule has 0 aliphatic heterocycles. The van der Waals surface area contributed by atoms with E-state index in [4.69, 9.17) is 0 Å². The molecule has 0 bridgehead atoms. The Morgan fingerprint density at radius 3 is 2.61 bits per heavy atom. The number of benzene rings is 3. The smallest absolute Gasteiger partial charge is 0.218 e. The standard InChI is InChI=1S/C24H25N5OS/c1-16(2)29-31-20-11-12-22-21(14-20)23(24(30)26-22)28-27-19-10-6-9-18(13-19)25-15-17-7-4-3-5-8-17/h3-14,16,25-26,29-30H,15H2,1-2H3. The van der Waals surface area contributed by atoms with Crippen LogP contribution in [0, 0.1) is 0 Å². The Labute approximate surface area is 185 Å². The fourth-order valence-electron chi connectivity index (χ4n) is 3.08. The van der Waals surface area contributed by atoms with Gasteiger partial charge in [0.05, 0.1) is 11.2 Å². The van der Waals surface area contributed by atoms with Gasteiger partial charge in [-0.1, -0.05) is 36.4 Å². The van der Waals surface area contributed by atoms with Gasteiger partial charge in [0.2, 0.25) is 5.88 Å². The van der Waals surface area contributed by atoms with Crippen molar-refractivity contribution < 1.29 is 5.11 Å². The van der Waals surface area contributed by atoms with Crippen molar-refractivity contribution in [1.29, 1.82) is 0 Å². The highest BCUT2D eigenvalue weighted by Gasteiger charge is 2.11. The summed E-state index contributed by atoms with van der Waals surface area (Å²) in [4.78, 5) is 4.01. The van der Waals surface area contributed by atoms with Gasteiger partial charge in [0, 0.05) is 28.6 Å². The van der Waals surface area contributed by atoms with Gasteiger partial charge in [-0.2, -0.15) is 5.11 Å². The summed E-state index contributed by atoms with van der Waals surface area (Å²) in [7, 11) is 0. The van der Waals surface area contributed by atoms with Crippen LogP contribution in [0.5, 0.6) is 5.88 Å². The molecule has 0 atom stereocenters. The molecule has 4 N–H and O–H groups in total. The summed E-state index contributed by atoms with van der Waals surface area (Å²) in [6.07, 6.45) is 0. The molecule has 0 radical (unpaired) electrons. The fraction of sp³-hybridized carbons (Fsp3) is 0.167. The largest absolute Gasteiger partial charge is 0.493 e. The van der Waals surface area contributed by atoms with E-state index in [2.05, 4.69) is 51.2 Å². The van der Waals surface area contributed by atoms with Crippen LogP contribution in [-0.2, 0) is 6.54 Å². The number of azo groups is 1. The summed E-state index contributed by atoms with van der Waals surface area (Å²) in [5, 5.41) is 23.3. The minimum Gasteiger partial charge on any atom is -0.493 e. The summed E-state index contributed by atoms with van der Waals surface area (Å²) in [5.41, 5.74) is 4.13. The van der Waals surface area contributed by atoms with Gasteiger partial charge in [-0.05, 0) is 67.8 Å². The number of anilines is 1. The van der Waals surface area contributed by atoms with Crippen molar-refractivity contribution in [2.24, 2.45) is 10.2 Å². The molecule has 4 aromatic rings. The van der Waals surface area contributed by atoms with E-state index < -0.39 is 0 Å². The molecule has 0 unspecified atom stereocenters. The molecule has 0 aliphatic carbocycles. The monoisotopic (exact) mass is 431 g/mol. The molecule has 0 amide bonds. The number of nitrogens with zero attached hydrogens (tertiary/aromatic N) is 2. The molecule has 0 spiro atoms. The molecule has 3 aromatic carbocycles. The molecule has 7 heteroatoms. The Morgan fingerprint density at radius 1 is 0.968 bits per heavy atom. The van der Waals surface area contributed by atoms with Gasteiger partial charge in [-0.15, -0.1) is 5.11 Å². The van der Waals surface area contributed by atoms with Gasteiger partial charge in [0.1, 0.15) is 0 Å². The number of hydrogen-bond donors (Lipinski definition) is 4. The first-order chi connectivity index (χ1) is 15.1. The first-order valence-corrected chi connectivity index (χ1v) is 11.0. The highest BCUT2D eigenvalue weighted by molar-refractivity contribution is 7.97. The zero-order chi connectivity index (χ0) is 21.6. The van der Waals surface area contributed by atoms with E-state index in [0.717, 1.165) is 28.0 Å². The molecule has 0 fully saturated rings. The molecule has 1 heterocycles. The molecule has 31 heavy (non-hydrogen) atoms. The lowest BCUT2D eigenvalue weighted by molar-refractivity contribution is 0.459. The second kappa shape index (κ2) is 9.68. The van der Waals surface area contributed by atoms with Crippen molar-refractivity contribution in [3.63, 3.8) is 0 Å². The molecule has 1 aromatic heterocycles. The molecule has 0 saturated carbocycles. The Kier molecular flexibility index (Phi) is 6.54. The Hall–Kier alpha value is -3.29. The van der Waals surface area contributed by atoms with Gasteiger partial charge < -0.3 is 15.4 Å². The van der Waals surface area contributed by atoms with Crippen LogP contribution in [0.15, 0.2) is 87.9 Å². The van der Waals surface area contributed by atoms with Gasteiger partial charge in [0.15, 0.2) is 5.69 Å². The molecule has 4 rings (SSSR count). The first-order valence-electron chi connectivity index (χ1n) is 10.1. The minimum absolute atomic E-state index is 0.0103. The second-order valence-corrected chi connectivity index (χ2v) is 8.40. The number of nitrogens with one attached hydrogen (secondary N) is 3. The van der Waals surface area contributed by atoms with Crippen LogP contribution in [0.1, 0.15) is 19.4 Å². The first kappa shape index (κ1) is 21.0. The maximum absolute atomic E-state index is 10.3. The number of aromatic hydroxyl groups is 1. The third-order valence-electron chi connectivity index (χ3n) is 4.59. The van der Waals surface area contributed by atoms with Crippen LogP contribution >= 0.6 is 11.9 Å². The van der Waals surface area contributed by atoms with Gasteiger partial charge in [0.25, 0.3) is 0 Å². The number of aromatic nitrogens is 1. The molecule has 158 valence electrons. The summed E-state index contributed by atoms with van der Waals surface area (Å²) in [6, 6.07) is 24.3. The van der Waals surface area contributed by atoms with Gasteiger partial charge in [-0.3, -0.25) is 4.72 Å². The number of aromatic amines is 1. The van der Waals surface area contributed by atoms with Crippen LogP contribution in [0.4, 0.5) is 17.1 Å². The fourth-order valence-corrected chi connectivity index (χ4v) is 3.76. The predicted molar refractivity (Wildman–Crippen MR) is 128 cm³/mol. The zero-order valence-corrected chi connectivity index (χ0v) is 18.3. The molecular formula is C24H25N5OS. The van der Waals surface area contributed by atoms with Crippen molar-refractivity contribution in [3.05, 3.63) is 78.4 Å². The highest BCUT2D eigenvalue weighted by atomic mass is 32.2. The van der Waals surface area contributed by atoms with Gasteiger partial charge >= 0.3 is 0 Å². The average molecular weight is 432 g/mol. The van der Waals surface area contributed by atoms with Crippen molar-refractivity contribution in [2.75, 3.05) is 5.32 Å². The van der Waals surface area contributed by atoms with Crippen molar-refractivity contribution in [3.8, 4) is 5.88 Å². The lowest BCUT2D eigenvalue weighted by Gasteiger charge is -2.07. The Morgan fingerprint density at radius 2 is 1.81 bits per heavy atom. The van der Waals surface area contributed by atoms with Crippen LogP contribution in [0.3, 0.4) is 0 Å². The number of hydrogen-bond acceptors (Lipinski definition) is 6. The predicted octanol–water partition coefficient (Wildman–Crippen LogP) is 6.91. The SMILES string of the molecule is CC(C)NSc1ccc2[nH]c(O)c(N=Nc3cccc(NCc4ccccc4)c3)c2c1. The van der Waals surface area contributed by atoms with E-state index in [-0.39, 0.29) is 5.88 Å². The second-order valence-electron chi connectivity index (χ2n) is 7.49. The third-order valence-corrected chi connectivity index (χ3v) is 5.67. The summed E-state index contributed by atoms with van der Waals surface area (Å²) in [5.74, 6) is 0.0103.